The minimum absolute atomic E-state index is 0.552. The van der Waals surface area contributed by atoms with Crippen LogP contribution in [0.15, 0.2) is 6.33 Å². The Bertz CT molecular complexity index is 715. The lowest BCUT2D eigenvalue weighted by atomic mass is 9.88. The number of nitrogens with zero attached hydrogens (tertiary/aromatic N) is 3. The summed E-state index contributed by atoms with van der Waals surface area (Å²) in [6.45, 7) is 2.37. The molecule has 1 atom stereocenters. The van der Waals surface area contributed by atoms with Crippen LogP contribution in [0, 0.1) is 5.92 Å². The van der Waals surface area contributed by atoms with Crippen molar-refractivity contribution < 1.29 is 0 Å². The first kappa shape index (κ1) is 16.3. The molecule has 2 aliphatic rings. The first-order valence-corrected chi connectivity index (χ1v) is 10.1. The molecule has 130 valence electrons. The molecule has 2 aromatic rings. The predicted octanol–water partition coefficient (Wildman–Crippen LogP) is 4.10. The van der Waals surface area contributed by atoms with Crippen molar-refractivity contribution in [2.24, 2.45) is 5.92 Å². The fourth-order valence-corrected chi connectivity index (χ4v) is 5.51. The van der Waals surface area contributed by atoms with Gasteiger partial charge in [0.15, 0.2) is 0 Å². The molecular weight excluding hydrogens is 316 g/mol. The number of aromatic nitrogens is 2. The highest BCUT2D eigenvalue weighted by Gasteiger charge is 2.26. The third-order valence-electron chi connectivity index (χ3n) is 5.86. The van der Waals surface area contributed by atoms with Crippen LogP contribution in [0.5, 0.6) is 0 Å². The summed E-state index contributed by atoms with van der Waals surface area (Å²) < 4.78 is 0. The van der Waals surface area contributed by atoms with Crippen LogP contribution in [0.1, 0.15) is 49.5 Å². The largest absolute Gasteiger partial charge is 0.367 e. The zero-order valence-electron chi connectivity index (χ0n) is 15.0. The molecule has 0 unspecified atom stereocenters. The number of thiophene rings is 1. The minimum atomic E-state index is 0.552. The van der Waals surface area contributed by atoms with Crippen LogP contribution in [0.25, 0.3) is 10.2 Å². The maximum atomic E-state index is 4.63. The Labute approximate surface area is 148 Å². The zero-order valence-corrected chi connectivity index (χ0v) is 15.8. The van der Waals surface area contributed by atoms with Gasteiger partial charge in [0.2, 0.25) is 0 Å². The Morgan fingerprint density at radius 2 is 1.92 bits per heavy atom. The third kappa shape index (κ3) is 3.04. The highest BCUT2D eigenvalue weighted by molar-refractivity contribution is 7.19. The topological polar surface area (TPSA) is 41.1 Å². The van der Waals surface area contributed by atoms with Gasteiger partial charge in [-0.1, -0.05) is 6.92 Å². The Morgan fingerprint density at radius 1 is 1.12 bits per heavy atom. The number of aryl methyl sites for hydroxylation is 1. The molecule has 2 heterocycles. The Morgan fingerprint density at radius 3 is 2.67 bits per heavy atom. The van der Waals surface area contributed by atoms with Crippen molar-refractivity contribution in [3.63, 3.8) is 0 Å². The Hall–Kier alpha value is -1.20. The van der Waals surface area contributed by atoms with Crippen molar-refractivity contribution in [3.8, 4) is 0 Å². The normalized spacial score (nSPS) is 27.4. The van der Waals surface area contributed by atoms with Crippen molar-refractivity contribution in [3.05, 3.63) is 16.8 Å². The molecule has 2 aromatic heterocycles. The maximum Gasteiger partial charge on any atom is 0.138 e. The molecule has 0 spiro atoms. The van der Waals surface area contributed by atoms with Gasteiger partial charge in [0.25, 0.3) is 0 Å². The van der Waals surface area contributed by atoms with E-state index in [9.17, 15) is 0 Å². The lowest BCUT2D eigenvalue weighted by molar-refractivity contribution is 0.221. The minimum Gasteiger partial charge on any atom is -0.367 e. The number of fused-ring (bicyclic) bond motifs is 3. The number of hydrogen-bond donors (Lipinski definition) is 1. The number of nitrogens with one attached hydrogen (secondary N) is 1. The van der Waals surface area contributed by atoms with Gasteiger partial charge in [-0.25, -0.2) is 9.97 Å². The maximum absolute atomic E-state index is 4.63. The van der Waals surface area contributed by atoms with Gasteiger partial charge in [0.1, 0.15) is 17.0 Å². The number of hydrogen-bond acceptors (Lipinski definition) is 5. The van der Waals surface area contributed by atoms with Gasteiger partial charge in [-0.2, -0.15) is 0 Å². The fourth-order valence-electron chi connectivity index (χ4n) is 4.32. The van der Waals surface area contributed by atoms with Gasteiger partial charge in [0.05, 0.1) is 5.39 Å². The summed E-state index contributed by atoms with van der Waals surface area (Å²) in [6, 6.07) is 1.29. The fraction of sp³-hybridized carbons (Fsp3) is 0.684. The first-order chi connectivity index (χ1) is 11.6. The zero-order chi connectivity index (χ0) is 16.7. The van der Waals surface area contributed by atoms with Crippen LogP contribution in [0.2, 0.25) is 0 Å². The van der Waals surface area contributed by atoms with E-state index in [1.54, 1.807) is 11.2 Å². The van der Waals surface area contributed by atoms with E-state index in [4.69, 9.17) is 0 Å². The molecule has 0 saturated heterocycles. The molecule has 24 heavy (non-hydrogen) atoms. The average molecular weight is 345 g/mol. The van der Waals surface area contributed by atoms with E-state index >= 15 is 0 Å². The highest BCUT2D eigenvalue weighted by atomic mass is 32.1. The summed E-state index contributed by atoms with van der Waals surface area (Å²) in [5, 5.41) is 5.09. The summed E-state index contributed by atoms with van der Waals surface area (Å²) in [6.07, 6.45) is 10.5. The molecule has 4 nitrogen and oxygen atoms in total. The van der Waals surface area contributed by atoms with E-state index in [1.807, 2.05) is 11.3 Å². The van der Waals surface area contributed by atoms with Gasteiger partial charge in [-0.05, 0) is 70.5 Å². The standard InChI is InChI=1S/C19H28N4S/c1-12-4-9-16-15(10-12)17-18(20-11-21-19(17)24-16)22-13-5-7-14(8-6-13)23(2)3/h11-14H,4-10H2,1-3H3,(H,20,21,22)/t12-,13-,14-/m1/s1. The van der Waals surface area contributed by atoms with Crippen LogP contribution in [-0.2, 0) is 12.8 Å². The molecule has 0 aliphatic heterocycles. The van der Waals surface area contributed by atoms with Gasteiger partial charge >= 0.3 is 0 Å². The molecule has 0 radical (unpaired) electrons. The van der Waals surface area contributed by atoms with E-state index < -0.39 is 0 Å². The van der Waals surface area contributed by atoms with Crippen LogP contribution >= 0.6 is 11.3 Å². The van der Waals surface area contributed by atoms with Crippen LogP contribution in [-0.4, -0.2) is 41.0 Å². The molecule has 0 amide bonds. The van der Waals surface area contributed by atoms with Crippen molar-refractivity contribution in [1.82, 2.24) is 14.9 Å². The van der Waals surface area contributed by atoms with Gasteiger partial charge in [-0.15, -0.1) is 11.3 Å². The van der Waals surface area contributed by atoms with E-state index in [1.165, 1.54) is 60.7 Å². The van der Waals surface area contributed by atoms with Crippen LogP contribution in [0.4, 0.5) is 5.82 Å². The molecule has 5 heteroatoms. The molecule has 1 fully saturated rings. The monoisotopic (exact) mass is 344 g/mol. The second-order valence-corrected chi connectivity index (χ2v) is 8.95. The van der Waals surface area contributed by atoms with E-state index in [0.717, 1.165) is 17.8 Å². The molecule has 1 N–H and O–H groups in total. The van der Waals surface area contributed by atoms with E-state index in [0.29, 0.717) is 6.04 Å². The second kappa shape index (κ2) is 6.60. The molecule has 1 saturated carbocycles. The molecule has 4 rings (SSSR count). The quantitative estimate of drug-likeness (QED) is 0.910. The Kier molecular flexibility index (Phi) is 4.48. The SMILES string of the molecule is C[C@@H]1CCc2sc3ncnc(N[C@H]4CC[C@H](N(C)C)CC4)c3c2C1. The van der Waals surface area contributed by atoms with E-state index in [2.05, 4.69) is 41.2 Å². The average Bonchev–Trinajstić information content (AvgIpc) is 2.94. The van der Waals surface area contributed by atoms with Gasteiger partial charge in [-0.3, -0.25) is 0 Å². The number of anilines is 1. The van der Waals surface area contributed by atoms with Gasteiger partial charge in [0, 0.05) is 17.0 Å². The Balaban J connectivity index is 1.58. The van der Waals surface area contributed by atoms with Crippen molar-refractivity contribution >= 4 is 27.4 Å². The predicted molar refractivity (Wildman–Crippen MR) is 102 cm³/mol. The lowest BCUT2D eigenvalue weighted by Crippen LogP contribution is -2.36. The molecule has 0 aromatic carbocycles. The summed E-state index contributed by atoms with van der Waals surface area (Å²) in [5.41, 5.74) is 1.53. The third-order valence-corrected chi connectivity index (χ3v) is 7.06. The van der Waals surface area contributed by atoms with Crippen molar-refractivity contribution in [1.29, 1.82) is 0 Å². The summed E-state index contributed by atoms with van der Waals surface area (Å²) in [4.78, 5) is 14.3. The molecule has 2 aliphatic carbocycles. The highest BCUT2D eigenvalue weighted by Crippen LogP contribution is 2.40. The van der Waals surface area contributed by atoms with Crippen LogP contribution < -0.4 is 5.32 Å². The first-order valence-electron chi connectivity index (χ1n) is 9.30. The summed E-state index contributed by atoms with van der Waals surface area (Å²) in [5.74, 6) is 1.86. The molecule has 0 bridgehead atoms. The van der Waals surface area contributed by atoms with Gasteiger partial charge < -0.3 is 10.2 Å². The van der Waals surface area contributed by atoms with E-state index in [-0.39, 0.29) is 0 Å². The summed E-state index contributed by atoms with van der Waals surface area (Å²) >= 11 is 1.88. The number of rotatable bonds is 3. The lowest BCUT2D eigenvalue weighted by Gasteiger charge is -2.33. The smallest absolute Gasteiger partial charge is 0.138 e. The van der Waals surface area contributed by atoms with Crippen LogP contribution in [0.3, 0.4) is 0 Å². The van der Waals surface area contributed by atoms with Crippen molar-refractivity contribution in [2.75, 3.05) is 19.4 Å². The molecular formula is C19H28N4S. The van der Waals surface area contributed by atoms with Crippen molar-refractivity contribution in [2.45, 2.75) is 64.0 Å². The second-order valence-electron chi connectivity index (χ2n) is 7.87. The summed E-state index contributed by atoms with van der Waals surface area (Å²) in [7, 11) is 4.40.